The highest BCUT2D eigenvalue weighted by Crippen LogP contribution is 2.40. The SMILES string of the molecule is O=C(NC1(c2ncccn2)CCC1)c1conc1C(F)(F)F. The van der Waals surface area contributed by atoms with Crippen LogP contribution in [0.1, 0.15) is 41.1 Å². The van der Waals surface area contributed by atoms with Crippen LogP contribution in [0.4, 0.5) is 13.2 Å². The van der Waals surface area contributed by atoms with Crippen molar-refractivity contribution in [2.24, 2.45) is 0 Å². The monoisotopic (exact) mass is 312 g/mol. The molecular formula is C13H11F3N4O2. The fourth-order valence-corrected chi connectivity index (χ4v) is 2.37. The average molecular weight is 312 g/mol. The molecule has 2 aromatic heterocycles. The first-order valence-corrected chi connectivity index (χ1v) is 6.54. The van der Waals surface area contributed by atoms with Gasteiger partial charge in [-0.3, -0.25) is 4.79 Å². The molecule has 1 aliphatic rings. The van der Waals surface area contributed by atoms with Crippen LogP contribution in [0, 0.1) is 0 Å². The van der Waals surface area contributed by atoms with E-state index >= 15 is 0 Å². The zero-order chi connectivity index (χ0) is 15.8. The highest BCUT2D eigenvalue weighted by molar-refractivity contribution is 5.95. The molecule has 0 unspecified atom stereocenters. The second kappa shape index (κ2) is 5.08. The normalized spacial score (nSPS) is 16.9. The number of hydrogen-bond acceptors (Lipinski definition) is 5. The van der Waals surface area contributed by atoms with E-state index in [1.54, 1.807) is 6.07 Å². The Hall–Kier alpha value is -2.45. The molecule has 1 saturated carbocycles. The van der Waals surface area contributed by atoms with Crippen LogP contribution < -0.4 is 5.32 Å². The molecule has 116 valence electrons. The number of rotatable bonds is 3. The first-order valence-electron chi connectivity index (χ1n) is 6.54. The Kier molecular flexibility index (Phi) is 3.34. The summed E-state index contributed by atoms with van der Waals surface area (Å²) in [7, 11) is 0. The van der Waals surface area contributed by atoms with Crippen LogP contribution in [0.2, 0.25) is 0 Å². The number of halogens is 3. The smallest absolute Gasteiger partial charge is 0.363 e. The summed E-state index contributed by atoms with van der Waals surface area (Å²) in [6.45, 7) is 0. The van der Waals surface area contributed by atoms with E-state index in [4.69, 9.17) is 0 Å². The number of alkyl halides is 3. The molecule has 2 aromatic rings. The molecule has 3 rings (SSSR count). The van der Waals surface area contributed by atoms with Gasteiger partial charge in [0.25, 0.3) is 5.91 Å². The van der Waals surface area contributed by atoms with Crippen molar-refractivity contribution in [3.05, 3.63) is 41.8 Å². The number of amides is 1. The number of carbonyl (C=O) groups excluding carboxylic acids is 1. The summed E-state index contributed by atoms with van der Waals surface area (Å²) in [4.78, 5) is 20.4. The average Bonchev–Trinajstić information content (AvgIpc) is 2.93. The second-order valence-corrected chi connectivity index (χ2v) is 5.04. The lowest BCUT2D eigenvalue weighted by Crippen LogP contribution is -2.52. The van der Waals surface area contributed by atoms with Crippen LogP contribution in [0.5, 0.6) is 0 Å². The molecule has 1 N–H and O–H groups in total. The quantitative estimate of drug-likeness (QED) is 0.940. The highest BCUT2D eigenvalue weighted by Gasteiger charge is 2.45. The van der Waals surface area contributed by atoms with Crippen molar-refractivity contribution in [2.75, 3.05) is 0 Å². The lowest BCUT2D eigenvalue weighted by Gasteiger charge is -2.40. The number of nitrogens with one attached hydrogen (secondary N) is 1. The maximum Gasteiger partial charge on any atom is 0.437 e. The Morgan fingerprint density at radius 1 is 1.27 bits per heavy atom. The predicted octanol–water partition coefficient (Wildman–Crippen LogP) is 2.29. The maximum absolute atomic E-state index is 12.8. The summed E-state index contributed by atoms with van der Waals surface area (Å²) in [6, 6.07) is 1.62. The van der Waals surface area contributed by atoms with Crippen molar-refractivity contribution in [1.82, 2.24) is 20.4 Å². The third-order valence-corrected chi connectivity index (χ3v) is 3.64. The van der Waals surface area contributed by atoms with E-state index in [2.05, 4.69) is 25.0 Å². The molecule has 1 fully saturated rings. The summed E-state index contributed by atoms with van der Waals surface area (Å²) >= 11 is 0. The van der Waals surface area contributed by atoms with Crippen LogP contribution >= 0.6 is 0 Å². The molecule has 0 aliphatic heterocycles. The van der Waals surface area contributed by atoms with Crippen LogP contribution in [-0.4, -0.2) is 21.0 Å². The minimum Gasteiger partial charge on any atom is -0.363 e. The predicted molar refractivity (Wildman–Crippen MR) is 66.5 cm³/mol. The molecule has 9 heteroatoms. The second-order valence-electron chi connectivity index (χ2n) is 5.04. The molecule has 0 radical (unpaired) electrons. The molecular weight excluding hydrogens is 301 g/mol. The highest BCUT2D eigenvalue weighted by atomic mass is 19.4. The molecule has 0 spiro atoms. The van der Waals surface area contributed by atoms with Gasteiger partial charge in [0.2, 0.25) is 0 Å². The Bertz CT molecular complexity index is 680. The molecule has 1 aliphatic carbocycles. The van der Waals surface area contributed by atoms with Gasteiger partial charge in [-0.25, -0.2) is 9.97 Å². The van der Waals surface area contributed by atoms with Gasteiger partial charge < -0.3 is 9.84 Å². The van der Waals surface area contributed by atoms with E-state index in [-0.39, 0.29) is 0 Å². The van der Waals surface area contributed by atoms with Gasteiger partial charge in [0.1, 0.15) is 17.4 Å². The van der Waals surface area contributed by atoms with Gasteiger partial charge in [0.05, 0.1) is 0 Å². The third-order valence-electron chi connectivity index (χ3n) is 3.64. The van der Waals surface area contributed by atoms with Crippen molar-refractivity contribution in [3.8, 4) is 0 Å². The largest absolute Gasteiger partial charge is 0.437 e. The van der Waals surface area contributed by atoms with Crippen molar-refractivity contribution in [1.29, 1.82) is 0 Å². The minimum atomic E-state index is -4.75. The maximum atomic E-state index is 12.8. The summed E-state index contributed by atoms with van der Waals surface area (Å²) < 4.78 is 42.6. The molecule has 22 heavy (non-hydrogen) atoms. The number of nitrogens with zero attached hydrogens (tertiary/aromatic N) is 3. The molecule has 6 nitrogen and oxygen atoms in total. The standard InChI is InChI=1S/C13H11F3N4O2/c14-13(15,16)9-8(7-22-20-9)10(21)19-12(3-1-4-12)11-17-5-2-6-18-11/h2,5-7H,1,3-4H2,(H,19,21). The Balaban J connectivity index is 1.87. The van der Waals surface area contributed by atoms with E-state index in [1.807, 2.05) is 0 Å². The Morgan fingerprint density at radius 3 is 2.50 bits per heavy atom. The minimum absolute atomic E-state index is 0.389. The van der Waals surface area contributed by atoms with Gasteiger partial charge in [0.15, 0.2) is 11.5 Å². The summed E-state index contributed by atoms with van der Waals surface area (Å²) in [5.41, 5.74) is -2.82. The third kappa shape index (κ3) is 2.42. The van der Waals surface area contributed by atoms with E-state index in [9.17, 15) is 18.0 Å². The van der Waals surface area contributed by atoms with Gasteiger partial charge in [-0.05, 0) is 25.3 Å². The molecule has 1 amide bonds. The number of hydrogen-bond donors (Lipinski definition) is 1. The van der Waals surface area contributed by atoms with Crippen LogP contribution in [0.3, 0.4) is 0 Å². The molecule has 0 saturated heterocycles. The van der Waals surface area contributed by atoms with Gasteiger partial charge in [-0.2, -0.15) is 13.2 Å². The van der Waals surface area contributed by atoms with Crippen molar-refractivity contribution >= 4 is 5.91 Å². The number of aromatic nitrogens is 3. The zero-order valence-electron chi connectivity index (χ0n) is 11.2. The molecule has 0 aromatic carbocycles. The lowest BCUT2D eigenvalue weighted by molar-refractivity contribution is -0.143. The lowest BCUT2D eigenvalue weighted by atomic mass is 9.75. The summed E-state index contributed by atoms with van der Waals surface area (Å²) in [5, 5.41) is 5.46. The number of carbonyl (C=O) groups is 1. The van der Waals surface area contributed by atoms with Gasteiger partial charge in [0, 0.05) is 12.4 Å². The van der Waals surface area contributed by atoms with Crippen molar-refractivity contribution in [2.45, 2.75) is 31.0 Å². The van der Waals surface area contributed by atoms with Crippen molar-refractivity contribution in [3.63, 3.8) is 0 Å². The van der Waals surface area contributed by atoms with E-state index in [1.165, 1.54) is 12.4 Å². The first kappa shape index (κ1) is 14.5. The topological polar surface area (TPSA) is 80.9 Å². The first-order chi connectivity index (χ1) is 10.4. The summed E-state index contributed by atoms with van der Waals surface area (Å²) in [5.74, 6) is -0.514. The molecule has 2 heterocycles. The van der Waals surface area contributed by atoms with Crippen LogP contribution in [0.15, 0.2) is 29.2 Å². The fraction of sp³-hybridized carbons (Fsp3) is 0.385. The summed E-state index contributed by atoms with van der Waals surface area (Å²) in [6.07, 6.45) is 0.940. The van der Waals surface area contributed by atoms with Gasteiger partial charge in [-0.1, -0.05) is 5.16 Å². The van der Waals surface area contributed by atoms with E-state index < -0.39 is 28.9 Å². The zero-order valence-corrected chi connectivity index (χ0v) is 11.2. The van der Waals surface area contributed by atoms with Gasteiger partial charge in [-0.15, -0.1) is 0 Å². The molecule has 0 atom stereocenters. The van der Waals surface area contributed by atoms with E-state index in [0.717, 1.165) is 6.42 Å². The van der Waals surface area contributed by atoms with Crippen LogP contribution in [0.25, 0.3) is 0 Å². The fourth-order valence-electron chi connectivity index (χ4n) is 2.37. The molecule has 0 bridgehead atoms. The van der Waals surface area contributed by atoms with Crippen LogP contribution in [-0.2, 0) is 11.7 Å². The Labute approximate surface area is 122 Å². The van der Waals surface area contributed by atoms with E-state index in [0.29, 0.717) is 24.9 Å². The van der Waals surface area contributed by atoms with Crippen molar-refractivity contribution < 1.29 is 22.5 Å². The Morgan fingerprint density at radius 2 is 1.95 bits per heavy atom. The van der Waals surface area contributed by atoms with Gasteiger partial charge >= 0.3 is 6.18 Å².